The van der Waals surface area contributed by atoms with Crippen LogP contribution >= 0.6 is 0 Å². The van der Waals surface area contributed by atoms with Gasteiger partial charge in [-0.25, -0.2) is 0 Å². The van der Waals surface area contributed by atoms with E-state index in [1.165, 1.54) is 11.6 Å². The van der Waals surface area contributed by atoms with Gasteiger partial charge < -0.3 is 19.8 Å². The number of benzene rings is 2. The summed E-state index contributed by atoms with van der Waals surface area (Å²) in [4.78, 5) is 27.3. The maximum absolute atomic E-state index is 12.3. The molecule has 6 nitrogen and oxygen atoms in total. The summed E-state index contributed by atoms with van der Waals surface area (Å²) in [5, 5.41) is 3.81. The molecule has 1 amide bonds. The molecule has 1 aliphatic rings. The Balaban J connectivity index is 1.37. The quantitative estimate of drug-likeness (QED) is 0.656. The van der Waals surface area contributed by atoms with Gasteiger partial charge in [0.25, 0.3) is 5.56 Å². The lowest BCUT2D eigenvalue weighted by Crippen LogP contribution is -2.25. The van der Waals surface area contributed by atoms with Gasteiger partial charge in [0, 0.05) is 23.7 Å². The molecule has 0 aliphatic carbocycles. The standard InChI is InChI=1S/C23H22N2O4/c1-14-9-18-12-17(23(27)25-19(18)10-15(14)2)7-8-24-22(26)6-4-16-3-5-20-21(11-16)29-13-28-20/h3-6,9-12H,7-8,13H2,1-2H3,(H,24,26)(H,25,27). The Hall–Kier alpha value is -3.54. The number of nitrogens with one attached hydrogen (secondary N) is 2. The Morgan fingerprint density at radius 1 is 1.10 bits per heavy atom. The van der Waals surface area contributed by atoms with Crippen LogP contribution in [0.1, 0.15) is 22.3 Å². The first kappa shape index (κ1) is 18.8. The normalized spacial score (nSPS) is 12.6. The van der Waals surface area contributed by atoms with Crippen LogP contribution < -0.4 is 20.3 Å². The molecule has 0 atom stereocenters. The number of aromatic nitrogens is 1. The van der Waals surface area contributed by atoms with Crippen molar-refractivity contribution in [2.75, 3.05) is 13.3 Å². The fraction of sp³-hybridized carbons (Fsp3) is 0.217. The van der Waals surface area contributed by atoms with Crippen LogP contribution in [0.3, 0.4) is 0 Å². The second-order valence-corrected chi connectivity index (χ2v) is 7.13. The average Bonchev–Trinajstić information content (AvgIpc) is 3.16. The van der Waals surface area contributed by atoms with Gasteiger partial charge in [-0.1, -0.05) is 6.07 Å². The highest BCUT2D eigenvalue weighted by molar-refractivity contribution is 5.91. The van der Waals surface area contributed by atoms with Crippen LogP contribution in [0.5, 0.6) is 11.5 Å². The number of hydrogen-bond donors (Lipinski definition) is 2. The zero-order valence-corrected chi connectivity index (χ0v) is 16.4. The van der Waals surface area contributed by atoms with E-state index in [4.69, 9.17) is 9.47 Å². The average molecular weight is 390 g/mol. The molecule has 0 spiro atoms. The van der Waals surface area contributed by atoms with E-state index >= 15 is 0 Å². The summed E-state index contributed by atoms with van der Waals surface area (Å²) in [7, 11) is 0. The molecule has 0 fully saturated rings. The summed E-state index contributed by atoms with van der Waals surface area (Å²) in [6.45, 7) is 4.67. The van der Waals surface area contributed by atoms with Gasteiger partial charge in [-0.15, -0.1) is 0 Å². The predicted octanol–water partition coefficient (Wildman–Crippen LogP) is 3.25. The number of pyridine rings is 1. The summed E-state index contributed by atoms with van der Waals surface area (Å²) < 4.78 is 10.6. The van der Waals surface area contributed by atoms with Crippen LogP contribution in [0.2, 0.25) is 0 Å². The number of rotatable bonds is 5. The number of ether oxygens (including phenoxy) is 2. The fourth-order valence-electron chi connectivity index (χ4n) is 3.28. The molecule has 0 saturated heterocycles. The molecule has 0 radical (unpaired) electrons. The Morgan fingerprint density at radius 3 is 2.76 bits per heavy atom. The van der Waals surface area contributed by atoms with Gasteiger partial charge in [-0.3, -0.25) is 9.59 Å². The largest absolute Gasteiger partial charge is 0.454 e. The molecule has 0 bridgehead atoms. The van der Waals surface area contributed by atoms with Gasteiger partial charge >= 0.3 is 0 Å². The molecule has 29 heavy (non-hydrogen) atoms. The Bertz CT molecular complexity index is 1180. The Kier molecular flexibility index (Phi) is 5.08. The van der Waals surface area contributed by atoms with Gasteiger partial charge in [0.05, 0.1) is 0 Å². The predicted molar refractivity (Wildman–Crippen MR) is 112 cm³/mol. The summed E-state index contributed by atoms with van der Waals surface area (Å²) in [5.74, 6) is 1.16. The van der Waals surface area contributed by atoms with E-state index in [-0.39, 0.29) is 18.3 Å². The van der Waals surface area contributed by atoms with Crippen LogP contribution in [-0.2, 0) is 11.2 Å². The van der Waals surface area contributed by atoms with E-state index in [9.17, 15) is 9.59 Å². The van der Waals surface area contributed by atoms with Gasteiger partial charge in [0.1, 0.15) is 0 Å². The zero-order chi connectivity index (χ0) is 20.4. The highest BCUT2D eigenvalue weighted by Gasteiger charge is 2.12. The molecule has 148 valence electrons. The molecule has 2 N–H and O–H groups in total. The minimum Gasteiger partial charge on any atom is -0.454 e. The third-order valence-corrected chi connectivity index (χ3v) is 5.05. The number of aromatic amines is 1. The highest BCUT2D eigenvalue weighted by Crippen LogP contribution is 2.32. The van der Waals surface area contributed by atoms with E-state index in [0.717, 1.165) is 22.0 Å². The third-order valence-electron chi connectivity index (χ3n) is 5.05. The number of amides is 1. The van der Waals surface area contributed by atoms with Gasteiger partial charge in [-0.2, -0.15) is 0 Å². The Labute approximate surface area is 168 Å². The molecule has 6 heteroatoms. The van der Waals surface area contributed by atoms with Crippen LogP contribution in [0.25, 0.3) is 17.0 Å². The second-order valence-electron chi connectivity index (χ2n) is 7.13. The van der Waals surface area contributed by atoms with Crippen LogP contribution in [-0.4, -0.2) is 24.2 Å². The lowest BCUT2D eigenvalue weighted by Gasteiger charge is -2.07. The summed E-state index contributed by atoms with van der Waals surface area (Å²) in [6, 6.07) is 11.4. The van der Waals surface area contributed by atoms with Crippen LogP contribution in [0.4, 0.5) is 0 Å². The van der Waals surface area contributed by atoms with Gasteiger partial charge in [0.2, 0.25) is 12.7 Å². The Morgan fingerprint density at radius 2 is 1.90 bits per heavy atom. The first-order valence-corrected chi connectivity index (χ1v) is 9.48. The smallest absolute Gasteiger partial charge is 0.251 e. The SMILES string of the molecule is Cc1cc2cc(CCNC(=O)C=Cc3ccc4c(c3)OCO4)c(=O)[nH]c2cc1C. The summed E-state index contributed by atoms with van der Waals surface area (Å²) >= 11 is 0. The minimum absolute atomic E-state index is 0.120. The topological polar surface area (TPSA) is 80.4 Å². The monoisotopic (exact) mass is 390 g/mol. The van der Waals surface area contributed by atoms with Crippen molar-refractivity contribution in [2.24, 2.45) is 0 Å². The van der Waals surface area contributed by atoms with Crippen molar-refractivity contribution in [3.63, 3.8) is 0 Å². The summed E-state index contributed by atoms with van der Waals surface area (Å²) in [5.41, 5.74) is 4.53. The van der Waals surface area contributed by atoms with Gasteiger partial charge in [-0.05, 0) is 78.8 Å². The number of carbonyl (C=O) groups excluding carboxylic acids is 1. The summed E-state index contributed by atoms with van der Waals surface area (Å²) in [6.07, 6.45) is 3.64. The van der Waals surface area contributed by atoms with Crippen molar-refractivity contribution in [1.29, 1.82) is 0 Å². The highest BCUT2D eigenvalue weighted by atomic mass is 16.7. The lowest BCUT2D eigenvalue weighted by molar-refractivity contribution is -0.116. The molecule has 1 aromatic heterocycles. The van der Waals surface area contributed by atoms with E-state index in [1.54, 1.807) is 6.08 Å². The number of hydrogen-bond acceptors (Lipinski definition) is 4. The maximum atomic E-state index is 12.3. The van der Waals surface area contributed by atoms with Crippen molar-refractivity contribution in [3.05, 3.63) is 75.1 Å². The van der Waals surface area contributed by atoms with Crippen molar-refractivity contribution in [2.45, 2.75) is 20.3 Å². The molecule has 0 unspecified atom stereocenters. The minimum atomic E-state index is -0.216. The molecule has 3 aromatic rings. The second kappa shape index (κ2) is 7.83. The van der Waals surface area contributed by atoms with E-state index in [0.29, 0.717) is 30.0 Å². The molecule has 4 rings (SSSR count). The van der Waals surface area contributed by atoms with Crippen molar-refractivity contribution >= 4 is 22.9 Å². The molecule has 0 saturated carbocycles. The molecule has 2 aromatic carbocycles. The fourth-order valence-corrected chi connectivity index (χ4v) is 3.28. The van der Waals surface area contributed by atoms with Crippen molar-refractivity contribution in [1.82, 2.24) is 10.3 Å². The molecular formula is C23H22N2O4. The molecular weight excluding hydrogens is 368 g/mol. The molecule has 1 aliphatic heterocycles. The van der Waals surface area contributed by atoms with Crippen molar-refractivity contribution < 1.29 is 14.3 Å². The van der Waals surface area contributed by atoms with Crippen LogP contribution in [0, 0.1) is 13.8 Å². The number of carbonyl (C=O) groups is 1. The van der Waals surface area contributed by atoms with Crippen LogP contribution in [0.15, 0.2) is 47.3 Å². The maximum Gasteiger partial charge on any atom is 0.251 e. The number of aryl methyl sites for hydroxylation is 2. The van der Waals surface area contributed by atoms with E-state index < -0.39 is 0 Å². The third kappa shape index (κ3) is 4.16. The molecule has 2 heterocycles. The first-order chi connectivity index (χ1) is 14.0. The lowest BCUT2D eigenvalue weighted by atomic mass is 10.0. The van der Waals surface area contributed by atoms with E-state index in [2.05, 4.69) is 16.4 Å². The zero-order valence-electron chi connectivity index (χ0n) is 16.4. The van der Waals surface area contributed by atoms with Crippen molar-refractivity contribution in [3.8, 4) is 11.5 Å². The number of H-pyrrole nitrogens is 1. The van der Waals surface area contributed by atoms with E-state index in [1.807, 2.05) is 44.2 Å². The first-order valence-electron chi connectivity index (χ1n) is 9.48. The van der Waals surface area contributed by atoms with Gasteiger partial charge in [0.15, 0.2) is 11.5 Å². The number of fused-ring (bicyclic) bond motifs is 2.